The minimum Gasteiger partial charge on any atom is -0.460 e. The number of hydrogen-bond acceptors (Lipinski definition) is 4. The molecule has 4 nitrogen and oxygen atoms in total. The van der Waals surface area contributed by atoms with Gasteiger partial charge in [-0.2, -0.15) is 0 Å². The molecule has 0 unspecified atom stereocenters. The topological polar surface area (TPSA) is 63.6 Å². The van der Waals surface area contributed by atoms with E-state index in [4.69, 9.17) is 5.11 Å². The van der Waals surface area contributed by atoms with Gasteiger partial charge in [-0.3, -0.25) is 4.79 Å². The first-order chi connectivity index (χ1) is 4.72. The SMILES string of the molecule is CCOC(=O)C(=O)CCO. The molecule has 1 N–H and O–H groups in total. The third-order valence-corrected chi connectivity index (χ3v) is 0.842. The van der Waals surface area contributed by atoms with Gasteiger partial charge >= 0.3 is 5.97 Å². The molecule has 0 aliphatic rings. The van der Waals surface area contributed by atoms with E-state index in [9.17, 15) is 9.59 Å². The highest BCUT2D eigenvalue weighted by Gasteiger charge is 2.12. The number of Topliss-reactive ketones (excluding diaryl/α,β-unsaturated/α-hetero) is 1. The normalized spacial score (nSPS) is 9.00. The number of carbonyl (C=O) groups excluding carboxylic acids is 2. The van der Waals surface area contributed by atoms with Crippen molar-refractivity contribution in [1.82, 2.24) is 0 Å². The molecule has 0 bridgehead atoms. The molecular weight excluding hydrogens is 136 g/mol. The van der Waals surface area contributed by atoms with E-state index in [0.29, 0.717) is 0 Å². The molecule has 0 aromatic carbocycles. The number of ketones is 1. The zero-order valence-corrected chi connectivity index (χ0v) is 5.79. The maximum absolute atomic E-state index is 10.5. The summed E-state index contributed by atoms with van der Waals surface area (Å²) in [6.45, 7) is 1.50. The van der Waals surface area contributed by atoms with Gasteiger partial charge in [0.2, 0.25) is 5.78 Å². The lowest BCUT2D eigenvalue weighted by Gasteiger charge is -1.97. The number of hydrogen-bond donors (Lipinski definition) is 1. The first-order valence-electron chi connectivity index (χ1n) is 3.03. The highest BCUT2D eigenvalue weighted by molar-refractivity contribution is 6.33. The van der Waals surface area contributed by atoms with Crippen LogP contribution in [-0.2, 0) is 14.3 Å². The van der Waals surface area contributed by atoms with E-state index < -0.39 is 11.8 Å². The van der Waals surface area contributed by atoms with Gasteiger partial charge in [-0.05, 0) is 6.92 Å². The number of ether oxygens (including phenoxy) is 1. The standard InChI is InChI=1S/C6H10O4/c1-2-10-6(9)5(8)3-4-7/h7H,2-4H2,1H3. The number of aliphatic hydroxyl groups excluding tert-OH is 1. The van der Waals surface area contributed by atoms with Crippen LogP contribution in [0.1, 0.15) is 13.3 Å². The lowest BCUT2D eigenvalue weighted by molar-refractivity contribution is -0.153. The molecule has 0 aromatic heterocycles. The molecule has 58 valence electrons. The lowest BCUT2D eigenvalue weighted by Crippen LogP contribution is -2.17. The van der Waals surface area contributed by atoms with Crippen LogP contribution in [0.4, 0.5) is 0 Å². The van der Waals surface area contributed by atoms with Crippen molar-refractivity contribution in [3.63, 3.8) is 0 Å². The summed E-state index contributed by atoms with van der Waals surface area (Å²) >= 11 is 0. The highest BCUT2D eigenvalue weighted by atomic mass is 16.5. The summed E-state index contributed by atoms with van der Waals surface area (Å²) in [5, 5.41) is 8.23. The summed E-state index contributed by atoms with van der Waals surface area (Å²) in [5.74, 6) is -1.54. The second kappa shape index (κ2) is 4.93. The Labute approximate surface area is 58.8 Å². The van der Waals surface area contributed by atoms with E-state index in [1.54, 1.807) is 6.92 Å². The summed E-state index contributed by atoms with van der Waals surface area (Å²) in [7, 11) is 0. The molecule has 0 aliphatic heterocycles. The molecule has 0 saturated carbocycles. The van der Waals surface area contributed by atoms with Crippen molar-refractivity contribution in [3.8, 4) is 0 Å². The Morgan fingerprint density at radius 1 is 1.50 bits per heavy atom. The van der Waals surface area contributed by atoms with Gasteiger partial charge < -0.3 is 9.84 Å². The third kappa shape index (κ3) is 3.19. The quantitative estimate of drug-likeness (QED) is 0.429. The van der Waals surface area contributed by atoms with Crippen LogP contribution in [0.5, 0.6) is 0 Å². The molecular formula is C6H10O4. The maximum Gasteiger partial charge on any atom is 0.374 e. The molecule has 0 saturated heterocycles. The van der Waals surface area contributed by atoms with Crippen molar-refractivity contribution in [1.29, 1.82) is 0 Å². The summed E-state index contributed by atoms with van der Waals surface area (Å²) in [4.78, 5) is 20.9. The molecule has 0 aromatic rings. The number of rotatable bonds is 4. The van der Waals surface area contributed by atoms with E-state index >= 15 is 0 Å². The number of aliphatic hydroxyl groups is 1. The van der Waals surface area contributed by atoms with Crippen molar-refractivity contribution in [2.24, 2.45) is 0 Å². The first kappa shape index (κ1) is 9.10. The first-order valence-corrected chi connectivity index (χ1v) is 3.03. The van der Waals surface area contributed by atoms with Crippen molar-refractivity contribution in [3.05, 3.63) is 0 Å². The fraction of sp³-hybridized carbons (Fsp3) is 0.667. The van der Waals surface area contributed by atoms with Crippen LogP contribution in [0.15, 0.2) is 0 Å². The van der Waals surface area contributed by atoms with Crippen LogP contribution < -0.4 is 0 Å². The monoisotopic (exact) mass is 146 g/mol. The minimum atomic E-state index is -0.864. The Morgan fingerprint density at radius 3 is 2.50 bits per heavy atom. The van der Waals surface area contributed by atoms with Gasteiger partial charge in [-0.15, -0.1) is 0 Å². The molecule has 0 atom stereocenters. The zero-order chi connectivity index (χ0) is 7.98. The molecule has 0 radical (unpaired) electrons. The molecule has 0 heterocycles. The Kier molecular flexibility index (Phi) is 4.49. The fourth-order valence-electron chi connectivity index (χ4n) is 0.415. The predicted octanol–water partition coefficient (Wildman–Crippen LogP) is -0.499. The summed E-state index contributed by atoms with van der Waals surface area (Å²) in [6.07, 6.45) is -0.154. The van der Waals surface area contributed by atoms with E-state index in [-0.39, 0.29) is 19.6 Å². The van der Waals surface area contributed by atoms with Crippen molar-refractivity contribution in [2.45, 2.75) is 13.3 Å². The number of carbonyl (C=O) groups is 2. The second-order valence-corrected chi connectivity index (χ2v) is 1.62. The van der Waals surface area contributed by atoms with Crippen molar-refractivity contribution >= 4 is 11.8 Å². The van der Waals surface area contributed by atoms with Gasteiger partial charge in [-0.1, -0.05) is 0 Å². The van der Waals surface area contributed by atoms with Gasteiger partial charge in [0.15, 0.2) is 0 Å². The molecule has 0 fully saturated rings. The predicted molar refractivity (Wildman–Crippen MR) is 33.3 cm³/mol. The van der Waals surface area contributed by atoms with Crippen molar-refractivity contribution in [2.75, 3.05) is 13.2 Å². The smallest absolute Gasteiger partial charge is 0.374 e. The van der Waals surface area contributed by atoms with E-state index in [1.165, 1.54) is 0 Å². The highest BCUT2D eigenvalue weighted by Crippen LogP contribution is 1.85. The largest absolute Gasteiger partial charge is 0.460 e. The summed E-state index contributed by atoms with van der Waals surface area (Å²) in [6, 6.07) is 0. The van der Waals surface area contributed by atoms with Crippen LogP contribution in [0, 0.1) is 0 Å². The maximum atomic E-state index is 10.5. The van der Waals surface area contributed by atoms with Crippen LogP contribution in [0.25, 0.3) is 0 Å². The summed E-state index contributed by atoms with van der Waals surface area (Å²) in [5.41, 5.74) is 0. The summed E-state index contributed by atoms with van der Waals surface area (Å²) < 4.78 is 4.36. The van der Waals surface area contributed by atoms with Gasteiger partial charge in [-0.25, -0.2) is 4.79 Å². The average molecular weight is 146 g/mol. The van der Waals surface area contributed by atoms with Crippen LogP contribution in [0.2, 0.25) is 0 Å². The third-order valence-electron chi connectivity index (χ3n) is 0.842. The average Bonchev–Trinajstić information content (AvgIpc) is 1.89. The van der Waals surface area contributed by atoms with Crippen molar-refractivity contribution < 1.29 is 19.4 Å². The Hall–Kier alpha value is -0.900. The second-order valence-electron chi connectivity index (χ2n) is 1.62. The lowest BCUT2D eigenvalue weighted by atomic mass is 10.3. The van der Waals surface area contributed by atoms with Gasteiger partial charge in [0, 0.05) is 6.42 Å². The van der Waals surface area contributed by atoms with E-state index in [0.717, 1.165) is 0 Å². The van der Waals surface area contributed by atoms with Crippen LogP contribution in [-0.4, -0.2) is 30.1 Å². The van der Waals surface area contributed by atoms with Gasteiger partial charge in [0.1, 0.15) is 0 Å². The Bertz CT molecular complexity index is 114. The number of esters is 1. The Balaban J connectivity index is 3.60. The molecule has 10 heavy (non-hydrogen) atoms. The zero-order valence-electron chi connectivity index (χ0n) is 5.79. The molecule has 0 rings (SSSR count). The molecule has 0 aliphatic carbocycles. The Morgan fingerprint density at radius 2 is 2.10 bits per heavy atom. The molecule has 0 spiro atoms. The van der Waals surface area contributed by atoms with Gasteiger partial charge in [0.25, 0.3) is 0 Å². The van der Waals surface area contributed by atoms with E-state index in [1.807, 2.05) is 0 Å². The fourth-order valence-corrected chi connectivity index (χ4v) is 0.415. The molecule has 4 heteroatoms. The molecule has 0 amide bonds. The van der Waals surface area contributed by atoms with Crippen LogP contribution in [0.3, 0.4) is 0 Å². The van der Waals surface area contributed by atoms with E-state index in [2.05, 4.69) is 4.74 Å². The van der Waals surface area contributed by atoms with Crippen LogP contribution >= 0.6 is 0 Å². The minimum absolute atomic E-state index is 0.154. The van der Waals surface area contributed by atoms with Gasteiger partial charge in [0.05, 0.1) is 13.2 Å².